The number of rotatable bonds is 6. The van der Waals surface area contributed by atoms with Crippen molar-refractivity contribution in [2.45, 2.75) is 6.61 Å². The SMILES string of the molecule is O=C(N/N=C\c1ccccc1OCc1ccc(Br)cc1)C(=O)Nc1ccc(Cl)c(Cl)c1. The van der Waals surface area contributed by atoms with Crippen LogP contribution in [0.4, 0.5) is 5.69 Å². The number of anilines is 1. The average Bonchev–Trinajstić information content (AvgIpc) is 2.76. The zero-order valence-electron chi connectivity index (χ0n) is 15.9. The Morgan fingerprint density at radius 2 is 1.71 bits per heavy atom. The molecule has 158 valence electrons. The van der Waals surface area contributed by atoms with E-state index in [-0.39, 0.29) is 5.02 Å². The van der Waals surface area contributed by atoms with Crippen molar-refractivity contribution in [1.29, 1.82) is 0 Å². The number of para-hydroxylation sites is 1. The van der Waals surface area contributed by atoms with Gasteiger partial charge in [0.15, 0.2) is 0 Å². The highest BCUT2D eigenvalue weighted by molar-refractivity contribution is 9.10. The first-order valence-electron chi connectivity index (χ1n) is 8.98. The van der Waals surface area contributed by atoms with E-state index in [2.05, 4.69) is 31.8 Å². The van der Waals surface area contributed by atoms with Gasteiger partial charge in [0.25, 0.3) is 0 Å². The van der Waals surface area contributed by atoms with Crippen molar-refractivity contribution in [1.82, 2.24) is 5.43 Å². The van der Waals surface area contributed by atoms with E-state index in [1.807, 2.05) is 36.4 Å². The van der Waals surface area contributed by atoms with E-state index in [0.29, 0.717) is 28.6 Å². The Labute approximate surface area is 197 Å². The molecule has 0 heterocycles. The number of nitrogens with one attached hydrogen (secondary N) is 2. The van der Waals surface area contributed by atoms with E-state index in [4.69, 9.17) is 27.9 Å². The molecule has 2 amide bonds. The number of benzene rings is 3. The van der Waals surface area contributed by atoms with E-state index in [9.17, 15) is 9.59 Å². The van der Waals surface area contributed by atoms with Gasteiger partial charge in [0.2, 0.25) is 0 Å². The summed E-state index contributed by atoms with van der Waals surface area (Å²) in [5.74, 6) is -1.24. The molecule has 6 nitrogen and oxygen atoms in total. The molecule has 0 aromatic heterocycles. The Morgan fingerprint density at radius 3 is 2.45 bits per heavy atom. The van der Waals surface area contributed by atoms with Gasteiger partial charge >= 0.3 is 11.8 Å². The second kappa shape index (κ2) is 10.9. The number of halogens is 3. The largest absolute Gasteiger partial charge is 0.488 e. The molecule has 0 spiro atoms. The van der Waals surface area contributed by atoms with Crippen molar-refractivity contribution >= 4 is 62.8 Å². The van der Waals surface area contributed by atoms with Crippen molar-refractivity contribution in [3.8, 4) is 5.75 Å². The second-order valence-electron chi connectivity index (χ2n) is 6.24. The molecular weight excluding hydrogens is 505 g/mol. The molecule has 9 heteroatoms. The lowest BCUT2D eigenvalue weighted by Gasteiger charge is -2.09. The fraction of sp³-hybridized carbons (Fsp3) is 0.0455. The van der Waals surface area contributed by atoms with Gasteiger partial charge in [0, 0.05) is 15.7 Å². The summed E-state index contributed by atoms with van der Waals surface area (Å²) in [4.78, 5) is 24.0. The van der Waals surface area contributed by atoms with Crippen LogP contribution in [0.15, 0.2) is 76.3 Å². The summed E-state index contributed by atoms with van der Waals surface area (Å²) in [6, 6.07) is 19.5. The molecule has 2 N–H and O–H groups in total. The summed E-state index contributed by atoms with van der Waals surface area (Å²) < 4.78 is 6.83. The summed E-state index contributed by atoms with van der Waals surface area (Å²) in [7, 11) is 0. The molecular formula is C22H16BrCl2N3O3. The predicted molar refractivity (Wildman–Crippen MR) is 126 cm³/mol. The van der Waals surface area contributed by atoms with Gasteiger partial charge in [-0.3, -0.25) is 9.59 Å². The zero-order valence-corrected chi connectivity index (χ0v) is 19.0. The highest BCUT2D eigenvalue weighted by Crippen LogP contribution is 2.25. The maximum absolute atomic E-state index is 12.0. The Hall–Kier alpha value is -2.87. The fourth-order valence-electron chi connectivity index (χ4n) is 2.43. The summed E-state index contributed by atoms with van der Waals surface area (Å²) in [5, 5.41) is 6.86. The molecule has 0 atom stereocenters. The smallest absolute Gasteiger partial charge is 0.329 e. The first kappa shape index (κ1) is 22.8. The molecule has 0 saturated carbocycles. The zero-order chi connectivity index (χ0) is 22.2. The molecule has 0 radical (unpaired) electrons. The molecule has 3 rings (SSSR count). The summed E-state index contributed by atoms with van der Waals surface area (Å²) in [6.07, 6.45) is 1.40. The van der Waals surface area contributed by atoms with Crippen molar-refractivity contribution < 1.29 is 14.3 Å². The van der Waals surface area contributed by atoms with Crippen LogP contribution < -0.4 is 15.5 Å². The van der Waals surface area contributed by atoms with Crippen LogP contribution in [0.3, 0.4) is 0 Å². The highest BCUT2D eigenvalue weighted by Gasteiger charge is 2.13. The highest BCUT2D eigenvalue weighted by atomic mass is 79.9. The maximum atomic E-state index is 12.0. The number of amides is 2. The quantitative estimate of drug-likeness (QED) is 0.258. The Morgan fingerprint density at radius 1 is 0.968 bits per heavy atom. The van der Waals surface area contributed by atoms with Gasteiger partial charge < -0.3 is 10.1 Å². The number of carbonyl (C=O) groups excluding carboxylic acids is 2. The van der Waals surface area contributed by atoms with Gasteiger partial charge in [0.05, 0.1) is 16.3 Å². The minimum absolute atomic E-state index is 0.262. The molecule has 3 aromatic rings. The van der Waals surface area contributed by atoms with E-state index in [1.165, 1.54) is 24.4 Å². The van der Waals surface area contributed by atoms with Crippen LogP contribution in [0.25, 0.3) is 0 Å². The Bertz CT molecular complexity index is 1120. The number of carbonyl (C=O) groups is 2. The second-order valence-corrected chi connectivity index (χ2v) is 7.97. The van der Waals surface area contributed by atoms with E-state index in [0.717, 1.165) is 10.0 Å². The number of nitrogens with zero attached hydrogens (tertiary/aromatic N) is 1. The molecule has 0 aliphatic heterocycles. The maximum Gasteiger partial charge on any atom is 0.329 e. The van der Waals surface area contributed by atoms with Crippen molar-refractivity contribution in [3.63, 3.8) is 0 Å². The van der Waals surface area contributed by atoms with Crippen LogP contribution in [-0.4, -0.2) is 18.0 Å². The van der Waals surface area contributed by atoms with Gasteiger partial charge in [-0.1, -0.05) is 63.4 Å². The third-order valence-electron chi connectivity index (χ3n) is 3.98. The predicted octanol–water partition coefficient (Wildman–Crippen LogP) is 5.42. The van der Waals surface area contributed by atoms with Crippen molar-refractivity contribution in [3.05, 3.63) is 92.4 Å². The Kier molecular flexibility index (Phi) is 8.06. The van der Waals surface area contributed by atoms with E-state index >= 15 is 0 Å². The van der Waals surface area contributed by atoms with E-state index in [1.54, 1.807) is 12.1 Å². The number of hydrogen-bond donors (Lipinski definition) is 2. The third kappa shape index (κ3) is 6.82. The molecule has 0 unspecified atom stereocenters. The molecule has 0 bridgehead atoms. The van der Waals surface area contributed by atoms with Gasteiger partial charge in [0.1, 0.15) is 12.4 Å². The Balaban J connectivity index is 1.57. The molecule has 0 fully saturated rings. The standard InChI is InChI=1S/C22H16BrCl2N3O3/c23-16-7-5-14(6-8-16)13-31-20-4-2-1-3-15(20)12-26-28-22(30)21(29)27-17-9-10-18(24)19(25)11-17/h1-12H,13H2,(H,27,29)(H,28,30)/b26-12-. The fourth-order valence-corrected chi connectivity index (χ4v) is 3.00. The normalized spacial score (nSPS) is 10.7. The van der Waals surface area contributed by atoms with Crippen LogP contribution in [0.1, 0.15) is 11.1 Å². The van der Waals surface area contributed by atoms with Gasteiger partial charge in [-0.25, -0.2) is 5.43 Å². The van der Waals surface area contributed by atoms with Gasteiger partial charge in [-0.2, -0.15) is 5.10 Å². The molecule has 0 aliphatic carbocycles. The van der Waals surface area contributed by atoms with Gasteiger partial charge in [-0.05, 0) is 48.0 Å². The lowest BCUT2D eigenvalue weighted by molar-refractivity contribution is -0.136. The minimum Gasteiger partial charge on any atom is -0.488 e. The van der Waals surface area contributed by atoms with E-state index < -0.39 is 11.8 Å². The first-order chi connectivity index (χ1) is 14.9. The number of hydrazone groups is 1. The number of hydrogen-bond acceptors (Lipinski definition) is 4. The minimum atomic E-state index is -0.935. The lowest BCUT2D eigenvalue weighted by Crippen LogP contribution is -2.32. The summed E-state index contributed by atoms with van der Waals surface area (Å²) >= 11 is 15.1. The number of ether oxygens (including phenoxy) is 1. The van der Waals surface area contributed by atoms with Crippen molar-refractivity contribution in [2.75, 3.05) is 5.32 Å². The van der Waals surface area contributed by atoms with Crippen LogP contribution in [0.2, 0.25) is 10.0 Å². The van der Waals surface area contributed by atoms with Crippen LogP contribution in [0, 0.1) is 0 Å². The van der Waals surface area contributed by atoms with Crippen LogP contribution in [0.5, 0.6) is 5.75 Å². The van der Waals surface area contributed by atoms with Crippen molar-refractivity contribution in [2.24, 2.45) is 5.10 Å². The third-order valence-corrected chi connectivity index (χ3v) is 5.25. The average molecular weight is 521 g/mol. The topological polar surface area (TPSA) is 79.8 Å². The molecule has 3 aromatic carbocycles. The first-order valence-corrected chi connectivity index (χ1v) is 10.5. The monoisotopic (exact) mass is 519 g/mol. The summed E-state index contributed by atoms with van der Waals surface area (Å²) in [5.41, 5.74) is 4.17. The van der Waals surface area contributed by atoms with Crippen LogP contribution in [-0.2, 0) is 16.2 Å². The molecule has 0 aliphatic rings. The summed E-state index contributed by atoms with van der Waals surface area (Å²) in [6.45, 7) is 0.372. The van der Waals surface area contributed by atoms with Gasteiger partial charge in [-0.15, -0.1) is 0 Å². The lowest BCUT2D eigenvalue weighted by atomic mass is 10.2. The molecule has 31 heavy (non-hydrogen) atoms. The molecule has 0 saturated heterocycles. The van der Waals surface area contributed by atoms with Crippen LogP contribution >= 0.6 is 39.1 Å².